The Kier molecular flexibility index (Phi) is 52.2. The minimum Gasteiger partial charge on any atom is -0.425 e. The summed E-state index contributed by atoms with van der Waals surface area (Å²) in [4.78, 5) is 91.9. The normalized spacial score (nSPS) is 10.3. The first-order valence-electron chi connectivity index (χ1n) is 29.4. The molecule has 7 rings (SSSR count). The van der Waals surface area contributed by atoms with E-state index < -0.39 is 20.7 Å². The number of pyridine rings is 3. The van der Waals surface area contributed by atoms with Crippen LogP contribution in [0.25, 0.3) is 0 Å². The van der Waals surface area contributed by atoms with Gasteiger partial charge in [-0.1, -0.05) is 186 Å². The number of ether oxygens (including phenoxy) is 2. The number of ketones is 2. The standard InChI is InChI=1S/2C16H17N3O3S2.C13H10N2O4S2.C10H12O2S2.2C3H8.2C2H6.CH4/c2*1-11(12(2)20)18-10-13-6-3-4-8-15(13)23-24-16-14(19(21)22)7-5-9-17-16;1-9(16)19-11-6-2-3-7-12(11)20-21-13-10(15(17)18)5-4-8-14-13;1-3-13-14-10-7-5-4-6-9(10)12-8(2)11;2*1-3-2;2*1-2;/h2*3-9,11,18H,10H2,1-2H3;2-8H,1H3;4-7H,3H2,1-2H3;2*3H2,1-2H3;2*1-2H3;1H4. The molecule has 0 aliphatic carbocycles. The molecule has 0 bridgehead atoms. The third-order valence-electron chi connectivity index (χ3n) is 10.3. The van der Waals surface area contributed by atoms with E-state index in [0.717, 1.165) is 42.4 Å². The quantitative estimate of drug-likeness (QED) is 0.0177. The number of nitrogens with zero attached hydrogens (tertiary/aromatic N) is 6. The summed E-state index contributed by atoms with van der Waals surface area (Å²) in [6.45, 7) is 29.2. The van der Waals surface area contributed by atoms with Crippen molar-refractivity contribution in [3.8, 4) is 11.5 Å². The van der Waals surface area contributed by atoms with Gasteiger partial charge in [-0.3, -0.25) is 49.5 Å². The number of esters is 2. The van der Waals surface area contributed by atoms with Crippen molar-refractivity contribution in [1.82, 2.24) is 25.6 Å². The van der Waals surface area contributed by atoms with Crippen LogP contribution in [0.3, 0.4) is 0 Å². The number of aromatic nitrogens is 3. The van der Waals surface area contributed by atoms with Gasteiger partial charge in [-0.15, -0.1) is 0 Å². The topological polar surface area (TPSA) is 279 Å². The summed E-state index contributed by atoms with van der Waals surface area (Å²) in [5, 5.41) is 40.4. The van der Waals surface area contributed by atoms with Crippen molar-refractivity contribution < 1.29 is 43.4 Å². The number of para-hydroxylation sites is 2. The molecule has 0 saturated carbocycles. The highest BCUT2D eigenvalue weighted by atomic mass is 33.1. The van der Waals surface area contributed by atoms with Crippen LogP contribution in [0.5, 0.6) is 11.5 Å². The van der Waals surface area contributed by atoms with Gasteiger partial charge in [0.1, 0.15) is 23.1 Å². The molecule has 0 saturated heterocycles. The van der Waals surface area contributed by atoms with Gasteiger partial charge in [0, 0.05) is 79.3 Å². The van der Waals surface area contributed by atoms with Crippen molar-refractivity contribution in [3.05, 3.63) is 194 Å². The second-order valence-electron chi connectivity index (χ2n) is 17.9. The minimum absolute atomic E-state index is 0. The fourth-order valence-electron chi connectivity index (χ4n) is 5.92. The Morgan fingerprint density at radius 3 is 1.00 bits per heavy atom. The van der Waals surface area contributed by atoms with E-state index in [1.165, 1.54) is 124 Å². The number of benzene rings is 4. The van der Waals surface area contributed by atoms with E-state index in [1.54, 1.807) is 77.9 Å². The fourth-order valence-corrected chi connectivity index (χ4v) is 14.3. The molecule has 2 atom stereocenters. The number of hydrogen-bond donors (Lipinski definition) is 2. The number of carbonyl (C=O) groups is 4. The summed E-state index contributed by atoms with van der Waals surface area (Å²) in [6, 6.07) is 38.5. The van der Waals surface area contributed by atoms with Gasteiger partial charge in [-0.05, 0) is 137 Å². The van der Waals surface area contributed by atoms with E-state index in [4.69, 9.17) is 9.47 Å². The lowest BCUT2D eigenvalue weighted by atomic mass is 10.2. The van der Waals surface area contributed by atoms with Gasteiger partial charge in [-0.2, -0.15) is 0 Å². The summed E-state index contributed by atoms with van der Waals surface area (Å²) in [5.74, 6) is 1.56. The highest BCUT2D eigenvalue weighted by molar-refractivity contribution is 8.77. The molecule has 3 aromatic heterocycles. The van der Waals surface area contributed by atoms with Crippen LogP contribution in [0.1, 0.15) is 135 Å². The zero-order valence-corrected chi connectivity index (χ0v) is 61.5. The molecular weight excluding hydrogens is 1350 g/mol. The molecule has 0 fully saturated rings. The molecule has 0 amide bonds. The van der Waals surface area contributed by atoms with Gasteiger partial charge >= 0.3 is 29.0 Å². The predicted molar refractivity (Wildman–Crippen MR) is 396 cm³/mol. The molecule has 3 heterocycles. The summed E-state index contributed by atoms with van der Waals surface area (Å²) in [7, 11) is 11.1. The van der Waals surface area contributed by atoms with Gasteiger partial charge in [-0.25, -0.2) is 15.0 Å². The second-order valence-corrected chi connectivity index (χ2v) is 27.0. The van der Waals surface area contributed by atoms with Crippen molar-refractivity contribution in [2.24, 2.45) is 0 Å². The largest absolute Gasteiger partial charge is 0.425 e. The van der Waals surface area contributed by atoms with Crippen molar-refractivity contribution in [2.45, 2.75) is 184 Å². The Morgan fingerprint density at radius 2 is 0.713 bits per heavy atom. The first-order valence-corrected chi connectivity index (χ1v) is 38.2. The number of hydrogen-bond acceptors (Lipinski definition) is 25. The van der Waals surface area contributed by atoms with Crippen LogP contribution in [0.2, 0.25) is 0 Å². The monoisotopic (exact) mass is 1440 g/mol. The van der Waals surface area contributed by atoms with Gasteiger partial charge in [0.05, 0.1) is 36.6 Å². The zero-order valence-electron chi connectivity index (χ0n) is 55.0. The van der Waals surface area contributed by atoms with E-state index in [2.05, 4.69) is 60.2 Å². The number of Topliss-reactive ketones (excluding diaryl/α,β-unsaturated/α-hetero) is 2. The summed E-state index contributed by atoms with van der Waals surface area (Å²) < 4.78 is 10.2. The second kappa shape index (κ2) is 54.7. The molecular formula is C66H88N8O12S8. The average molecular weight is 1440 g/mol. The van der Waals surface area contributed by atoms with Gasteiger partial charge in [0.15, 0.2) is 15.1 Å². The van der Waals surface area contributed by atoms with Crippen LogP contribution >= 0.6 is 86.4 Å². The van der Waals surface area contributed by atoms with Crippen LogP contribution in [-0.2, 0) is 32.3 Å². The maximum Gasteiger partial charge on any atom is 0.308 e. The molecule has 2 N–H and O–H groups in total. The molecule has 0 radical (unpaired) electrons. The van der Waals surface area contributed by atoms with Gasteiger partial charge < -0.3 is 20.1 Å². The third kappa shape index (κ3) is 37.6. The molecule has 0 aliphatic rings. The van der Waals surface area contributed by atoms with E-state index in [1.807, 2.05) is 108 Å². The van der Waals surface area contributed by atoms with E-state index in [9.17, 15) is 49.5 Å². The lowest BCUT2D eigenvalue weighted by molar-refractivity contribution is -0.388. The Bertz CT molecular complexity index is 3230. The molecule has 94 heavy (non-hydrogen) atoms. The first kappa shape index (κ1) is 89.6. The lowest BCUT2D eigenvalue weighted by Crippen LogP contribution is -2.31. The average Bonchev–Trinajstić information content (AvgIpc) is 0.943. The number of carbonyl (C=O) groups excluding carboxylic acids is 4. The van der Waals surface area contributed by atoms with Gasteiger partial charge in [0.2, 0.25) is 0 Å². The molecule has 7 aromatic rings. The van der Waals surface area contributed by atoms with E-state index in [0.29, 0.717) is 44.6 Å². The van der Waals surface area contributed by atoms with Crippen molar-refractivity contribution in [2.75, 3.05) is 5.75 Å². The number of rotatable bonds is 25. The summed E-state index contributed by atoms with van der Waals surface area (Å²) in [5.41, 5.74) is 2.00. The lowest BCUT2D eigenvalue weighted by Gasteiger charge is -2.13. The Labute approximate surface area is 586 Å². The van der Waals surface area contributed by atoms with Crippen LogP contribution in [0, 0.1) is 30.3 Å². The smallest absolute Gasteiger partial charge is 0.308 e. The van der Waals surface area contributed by atoms with Gasteiger partial charge in [0.25, 0.3) is 0 Å². The zero-order chi connectivity index (χ0) is 70.1. The number of nitro groups is 3. The third-order valence-corrected chi connectivity index (χ3v) is 19.9. The summed E-state index contributed by atoms with van der Waals surface area (Å²) in [6.07, 6.45) is 7.07. The fraction of sp³-hybridized carbons (Fsp3) is 0.348. The first-order chi connectivity index (χ1) is 44.6. The predicted octanol–water partition coefficient (Wildman–Crippen LogP) is 20.3. The maximum absolute atomic E-state index is 11.3. The highest BCUT2D eigenvalue weighted by Crippen LogP contribution is 2.45. The van der Waals surface area contributed by atoms with Crippen LogP contribution in [0.15, 0.2) is 187 Å². The molecule has 0 aliphatic heterocycles. The molecule has 4 aromatic carbocycles. The van der Waals surface area contributed by atoms with Crippen LogP contribution in [0.4, 0.5) is 17.1 Å². The van der Waals surface area contributed by atoms with Crippen molar-refractivity contribution in [1.29, 1.82) is 0 Å². The number of nitrogens with one attached hydrogen (secondary N) is 2. The minimum atomic E-state index is -0.478. The maximum atomic E-state index is 11.3. The molecule has 0 spiro atoms. The van der Waals surface area contributed by atoms with Crippen molar-refractivity contribution in [3.63, 3.8) is 0 Å². The van der Waals surface area contributed by atoms with Crippen LogP contribution < -0.4 is 20.1 Å². The Hall–Kier alpha value is -6.47. The van der Waals surface area contributed by atoms with E-state index in [-0.39, 0.29) is 54.1 Å². The summed E-state index contributed by atoms with van der Waals surface area (Å²) >= 11 is 0. The molecule has 28 heteroatoms. The Balaban J connectivity index is 0. The molecule has 20 nitrogen and oxygen atoms in total. The van der Waals surface area contributed by atoms with Crippen LogP contribution in [-0.4, -0.2) is 71.1 Å². The van der Waals surface area contributed by atoms with E-state index >= 15 is 0 Å². The molecule has 512 valence electrons. The highest BCUT2D eigenvalue weighted by Gasteiger charge is 2.20. The van der Waals surface area contributed by atoms with Crippen molar-refractivity contribution >= 4 is 127 Å². The SMILES string of the molecule is C.CC.CC.CC(=O)C(C)NCc1ccccc1SSc1ncccc1[N+](=O)[O-].CC(=O)C(C)NCc1ccccc1SSc1ncccc1[N+](=O)[O-].CC(=O)Oc1ccccc1SSc1ncccc1[N+](=O)[O-].CCC.CCC.CCSSc1ccccc1OC(C)=O. The molecule has 2 unspecified atom stereocenters. The Morgan fingerprint density at radius 1 is 0.436 bits per heavy atom.